The maximum Gasteiger partial charge on any atom is 0.338 e. The van der Waals surface area contributed by atoms with Crippen molar-refractivity contribution in [2.75, 3.05) is 18.5 Å². The van der Waals surface area contributed by atoms with Gasteiger partial charge in [-0.05, 0) is 47.4 Å². The van der Waals surface area contributed by atoms with Gasteiger partial charge in [0.2, 0.25) is 5.91 Å². The van der Waals surface area contributed by atoms with Crippen LogP contribution in [0, 0.1) is 0 Å². The van der Waals surface area contributed by atoms with Crippen molar-refractivity contribution in [1.29, 1.82) is 0 Å². The number of carbonyl (C=O) groups is 2. The third kappa shape index (κ3) is 7.46. The minimum atomic E-state index is -0.853. The second-order valence-electron chi connectivity index (χ2n) is 8.49. The molecule has 0 spiro atoms. The minimum absolute atomic E-state index is 0.177. The summed E-state index contributed by atoms with van der Waals surface area (Å²) >= 11 is 0. The van der Waals surface area contributed by atoms with Crippen molar-refractivity contribution in [2.45, 2.75) is 45.6 Å². The van der Waals surface area contributed by atoms with Crippen molar-refractivity contribution in [2.24, 2.45) is 16.5 Å². The molecule has 3 rings (SSSR count). The number of guanidine groups is 1. The number of amides is 1. The molecule has 0 heterocycles. The maximum atomic E-state index is 13.3. The van der Waals surface area contributed by atoms with E-state index in [1.807, 2.05) is 49.4 Å². The number of benzene rings is 3. The predicted molar refractivity (Wildman–Crippen MR) is 143 cm³/mol. The Bertz CT molecular complexity index is 1220. The van der Waals surface area contributed by atoms with Gasteiger partial charge in [0.05, 0.1) is 24.5 Å². The monoisotopic (exact) mass is 490 g/mol. The highest BCUT2D eigenvalue weighted by molar-refractivity contribution is 5.99. The lowest BCUT2D eigenvalue weighted by Crippen LogP contribution is -2.33. The van der Waals surface area contributed by atoms with E-state index in [1.165, 1.54) is 0 Å². The van der Waals surface area contributed by atoms with Gasteiger partial charge in [-0.25, -0.2) is 9.79 Å². The third-order valence-corrected chi connectivity index (χ3v) is 5.52. The number of fused-ring (bicyclic) bond motifs is 1. The number of nitrogens with two attached hydrogens (primary N) is 2. The zero-order valence-corrected chi connectivity index (χ0v) is 20.8. The highest BCUT2D eigenvalue weighted by atomic mass is 16.5. The Morgan fingerprint density at radius 1 is 0.944 bits per heavy atom. The smallest absolute Gasteiger partial charge is 0.338 e. The highest BCUT2D eigenvalue weighted by Crippen LogP contribution is 2.28. The zero-order valence-electron chi connectivity index (χ0n) is 20.8. The molecule has 5 N–H and O–H groups in total. The molecule has 0 saturated heterocycles. The van der Waals surface area contributed by atoms with Gasteiger partial charge in [0.15, 0.2) is 5.96 Å². The normalized spacial score (nSPS) is 11.5. The zero-order chi connectivity index (χ0) is 25.9. The van der Waals surface area contributed by atoms with E-state index in [9.17, 15) is 9.59 Å². The van der Waals surface area contributed by atoms with Gasteiger partial charge in [-0.3, -0.25) is 4.79 Å². The Morgan fingerprint density at radius 3 is 2.44 bits per heavy atom. The third-order valence-electron chi connectivity index (χ3n) is 5.52. The summed E-state index contributed by atoms with van der Waals surface area (Å²) < 4.78 is 11.1. The molecule has 190 valence electrons. The number of rotatable bonds is 12. The van der Waals surface area contributed by atoms with E-state index < -0.39 is 17.9 Å². The van der Waals surface area contributed by atoms with Gasteiger partial charge in [0.25, 0.3) is 0 Å². The molecule has 0 aliphatic carbocycles. The van der Waals surface area contributed by atoms with Gasteiger partial charge < -0.3 is 26.3 Å². The molecule has 0 fully saturated rings. The highest BCUT2D eigenvalue weighted by Gasteiger charge is 2.21. The molecule has 0 saturated carbocycles. The van der Waals surface area contributed by atoms with Crippen molar-refractivity contribution in [3.05, 3.63) is 71.8 Å². The molecule has 0 bridgehead atoms. The number of carbonyl (C=O) groups excluding carboxylic acids is 2. The topological polar surface area (TPSA) is 129 Å². The Kier molecular flexibility index (Phi) is 9.68. The van der Waals surface area contributed by atoms with Gasteiger partial charge in [0.1, 0.15) is 11.8 Å². The van der Waals surface area contributed by atoms with Gasteiger partial charge >= 0.3 is 5.97 Å². The first-order valence-corrected chi connectivity index (χ1v) is 12.2. The second kappa shape index (κ2) is 13.1. The fraction of sp³-hybridized carbons (Fsp3) is 0.321. The van der Waals surface area contributed by atoms with Crippen LogP contribution in [0.4, 0.5) is 5.69 Å². The van der Waals surface area contributed by atoms with E-state index in [-0.39, 0.29) is 5.96 Å². The molecule has 1 amide bonds. The largest absolute Gasteiger partial charge is 0.491 e. The summed E-state index contributed by atoms with van der Waals surface area (Å²) in [7, 11) is 0. The fourth-order valence-corrected chi connectivity index (χ4v) is 3.66. The number of aliphatic imine (C=N–C) groups is 1. The number of nitrogens with one attached hydrogen (secondary N) is 1. The summed E-state index contributed by atoms with van der Waals surface area (Å²) in [4.78, 5) is 29.8. The van der Waals surface area contributed by atoms with Crippen LogP contribution in [-0.2, 0) is 16.0 Å². The van der Waals surface area contributed by atoms with E-state index in [0.717, 1.165) is 35.6 Å². The van der Waals surface area contributed by atoms with E-state index in [4.69, 9.17) is 20.9 Å². The molecule has 0 aliphatic rings. The van der Waals surface area contributed by atoms with Crippen molar-refractivity contribution in [3.63, 3.8) is 0 Å². The van der Waals surface area contributed by atoms with Crippen LogP contribution in [0.1, 0.15) is 49.0 Å². The molecule has 36 heavy (non-hydrogen) atoms. The first-order chi connectivity index (χ1) is 17.4. The second-order valence-corrected chi connectivity index (χ2v) is 8.49. The molecule has 8 heteroatoms. The average molecular weight is 491 g/mol. The van der Waals surface area contributed by atoms with E-state index >= 15 is 0 Å². The summed E-state index contributed by atoms with van der Waals surface area (Å²) in [6.45, 7) is 4.76. The van der Waals surface area contributed by atoms with Crippen LogP contribution in [0.3, 0.4) is 0 Å². The summed E-state index contributed by atoms with van der Waals surface area (Å²) in [5.41, 5.74) is 13.0. The number of hydrogen-bond donors (Lipinski definition) is 3. The summed E-state index contributed by atoms with van der Waals surface area (Å²) in [5, 5.41) is 5.05. The summed E-state index contributed by atoms with van der Waals surface area (Å²) in [6, 6.07) is 17.9. The number of esters is 1. The Labute approximate surface area is 211 Å². The molecule has 0 radical (unpaired) electrons. The molecule has 3 aromatic rings. The number of unbranched alkanes of at least 4 members (excludes halogenated alkanes) is 1. The summed E-state index contributed by atoms with van der Waals surface area (Å²) in [5.74, 6) is -0.621. The molecule has 3 aromatic carbocycles. The number of anilines is 1. The van der Waals surface area contributed by atoms with Crippen LogP contribution in [0.5, 0.6) is 5.75 Å². The van der Waals surface area contributed by atoms with Gasteiger partial charge in [-0.15, -0.1) is 0 Å². The lowest BCUT2D eigenvalue weighted by Gasteiger charge is -2.17. The Hall–Kier alpha value is -4.07. The number of nitrogens with zero attached hydrogens (tertiary/aromatic N) is 1. The summed E-state index contributed by atoms with van der Waals surface area (Å²) in [6.07, 6.45) is 2.81. The Balaban J connectivity index is 1.83. The molecule has 0 unspecified atom stereocenters. The molecule has 8 nitrogen and oxygen atoms in total. The van der Waals surface area contributed by atoms with Gasteiger partial charge in [-0.1, -0.05) is 62.7 Å². The van der Waals surface area contributed by atoms with E-state index in [1.54, 1.807) is 18.2 Å². The quantitative estimate of drug-likeness (QED) is 0.149. The average Bonchev–Trinajstić information content (AvgIpc) is 2.87. The molecule has 0 aliphatic heterocycles. The predicted octanol–water partition coefficient (Wildman–Crippen LogP) is 4.41. The SMILES string of the molecule is CCCCOc1cc(C(=O)OCCC)ccc1NC(=O)[C@@H](Cc1ccc2ccccc2c1)N=C(N)N. The van der Waals surface area contributed by atoms with Crippen LogP contribution in [0.15, 0.2) is 65.7 Å². The van der Waals surface area contributed by atoms with E-state index in [0.29, 0.717) is 36.6 Å². The fourth-order valence-electron chi connectivity index (χ4n) is 3.66. The molecule has 1 atom stereocenters. The minimum Gasteiger partial charge on any atom is -0.491 e. The van der Waals surface area contributed by atoms with Gasteiger partial charge in [0, 0.05) is 6.42 Å². The van der Waals surface area contributed by atoms with Crippen LogP contribution < -0.4 is 21.5 Å². The van der Waals surface area contributed by atoms with Crippen molar-refractivity contribution < 1.29 is 19.1 Å². The maximum absolute atomic E-state index is 13.3. The Morgan fingerprint density at radius 2 is 1.72 bits per heavy atom. The molecular weight excluding hydrogens is 456 g/mol. The molecular formula is C28H34N4O4. The molecule has 0 aromatic heterocycles. The van der Waals surface area contributed by atoms with Crippen LogP contribution in [-0.4, -0.2) is 37.1 Å². The number of ether oxygens (including phenoxy) is 2. The van der Waals surface area contributed by atoms with Gasteiger partial charge in [-0.2, -0.15) is 0 Å². The lowest BCUT2D eigenvalue weighted by atomic mass is 10.0. The van der Waals surface area contributed by atoms with Crippen LogP contribution >= 0.6 is 0 Å². The first-order valence-electron chi connectivity index (χ1n) is 12.2. The van der Waals surface area contributed by atoms with E-state index in [2.05, 4.69) is 17.2 Å². The first kappa shape index (κ1) is 26.5. The standard InChI is InChI=1S/C28H34N4O4/c1-3-5-15-35-25-18-22(27(34)36-14-4-2)12-13-23(25)31-26(33)24(32-28(29)30)17-19-10-11-20-8-6-7-9-21(20)16-19/h6-13,16,18,24H,3-5,14-15,17H2,1-2H3,(H,31,33)(H4,29,30,32)/t24-/m1/s1. The lowest BCUT2D eigenvalue weighted by molar-refractivity contribution is -0.117. The van der Waals surface area contributed by atoms with Crippen molar-refractivity contribution >= 4 is 34.3 Å². The van der Waals surface area contributed by atoms with Crippen molar-refractivity contribution in [3.8, 4) is 5.75 Å². The number of hydrogen-bond acceptors (Lipinski definition) is 5. The van der Waals surface area contributed by atoms with Crippen molar-refractivity contribution in [1.82, 2.24) is 0 Å². The van der Waals surface area contributed by atoms with Crippen LogP contribution in [0.25, 0.3) is 10.8 Å². The van der Waals surface area contributed by atoms with Crippen LogP contribution in [0.2, 0.25) is 0 Å².